The number of hydrogen-bond acceptors (Lipinski definition) is 4. The highest BCUT2D eigenvalue weighted by Crippen LogP contribution is 2.12. The number of hydrogen-bond donors (Lipinski definition) is 2. The summed E-state index contributed by atoms with van der Waals surface area (Å²) in [5.41, 5.74) is 1.77. The average molecular weight is 300 g/mol. The number of anilines is 1. The normalized spacial score (nSPS) is 17.5. The second-order valence-electron chi connectivity index (χ2n) is 5.01. The quantitative estimate of drug-likeness (QED) is 0.893. The Morgan fingerprint density at radius 3 is 2.91 bits per heavy atom. The summed E-state index contributed by atoms with van der Waals surface area (Å²) in [5.74, 6) is -0.239. The predicted molar refractivity (Wildman–Crippen MR) is 79.3 cm³/mol. The number of carbonyl (C=O) groups excluding carboxylic acids is 2. The topological polar surface area (TPSA) is 85.3 Å². The minimum atomic E-state index is -0.555. The standard InChI is InChI=1S/C15H16N4O3/c20-14(13-6-9-22-15(21)18-13)17-12-4-2-11(3-5-12)10-19-8-1-7-16-19/h1-5,7-8,13H,6,9-10H2,(H,17,20)(H,18,21)/t13-/m1/s1. The van der Waals surface area contributed by atoms with E-state index in [1.807, 2.05) is 41.2 Å². The molecule has 1 aliphatic heterocycles. The molecule has 0 spiro atoms. The smallest absolute Gasteiger partial charge is 0.407 e. The molecule has 1 atom stereocenters. The fourth-order valence-corrected chi connectivity index (χ4v) is 2.23. The molecule has 2 aromatic rings. The third-order valence-corrected chi connectivity index (χ3v) is 3.37. The van der Waals surface area contributed by atoms with Gasteiger partial charge in [0.2, 0.25) is 5.91 Å². The van der Waals surface area contributed by atoms with Crippen LogP contribution in [0.4, 0.5) is 10.5 Å². The molecule has 1 aliphatic rings. The zero-order valence-corrected chi connectivity index (χ0v) is 11.9. The van der Waals surface area contributed by atoms with E-state index in [0.29, 0.717) is 18.7 Å². The number of rotatable bonds is 4. The SMILES string of the molecule is O=C1N[C@@H](C(=O)Nc2ccc(Cn3cccn3)cc2)CCO1. The molecule has 1 fully saturated rings. The number of nitrogens with zero attached hydrogens (tertiary/aromatic N) is 2. The van der Waals surface area contributed by atoms with Crippen LogP contribution in [-0.4, -0.2) is 34.4 Å². The summed E-state index contributed by atoms with van der Waals surface area (Å²) < 4.78 is 6.56. The van der Waals surface area contributed by atoms with Crippen LogP contribution in [0.3, 0.4) is 0 Å². The molecule has 7 heteroatoms. The van der Waals surface area contributed by atoms with Crippen molar-refractivity contribution >= 4 is 17.7 Å². The van der Waals surface area contributed by atoms with E-state index in [0.717, 1.165) is 5.56 Å². The van der Waals surface area contributed by atoms with Crippen LogP contribution in [0.5, 0.6) is 0 Å². The van der Waals surface area contributed by atoms with Gasteiger partial charge < -0.3 is 15.4 Å². The predicted octanol–water partition coefficient (Wildman–Crippen LogP) is 1.37. The second kappa shape index (κ2) is 6.30. The fourth-order valence-electron chi connectivity index (χ4n) is 2.23. The number of cyclic esters (lactones) is 1. The van der Waals surface area contributed by atoms with Gasteiger partial charge in [-0.2, -0.15) is 5.10 Å². The summed E-state index contributed by atoms with van der Waals surface area (Å²) in [6.45, 7) is 0.934. The molecule has 114 valence electrons. The lowest BCUT2D eigenvalue weighted by atomic mass is 10.1. The molecule has 0 aliphatic carbocycles. The molecule has 0 radical (unpaired) electrons. The van der Waals surface area contributed by atoms with Crippen molar-refractivity contribution in [1.29, 1.82) is 0 Å². The molecule has 0 bridgehead atoms. The van der Waals surface area contributed by atoms with Gasteiger partial charge in [-0.1, -0.05) is 12.1 Å². The third kappa shape index (κ3) is 3.43. The van der Waals surface area contributed by atoms with Gasteiger partial charge in [0.25, 0.3) is 0 Å². The van der Waals surface area contributed by atoms with Crippen molar-refractivity contribution in [3.63, 3.8) is 0 Å². The minimum Gasteiger partial charge on any atom is -0.449 e. The number of nitrogens with one attached hydrogen (secondary N) is 2. The number of ether oxygens (including phenoxy) is 1. The Labute approximate surface area is 127 Å². The summed E-state index contributed by atoms with van der Waals surface area (Å²) in [6, 6.07) is 8.84. The Balaban J connectivity index is 1.58. The maximum absolute atomic E-state index is 12.1. The number of benzene rings is 1. The molecule has 3 rings (SSSR count). The van der Waals surface area contributed by atoms with Crippen molar-refractivity contribution < 1.29 is 14.3 Å². The Bertz CT molecular complexity index is 652. The first kappa shape index (κ1) is 14.1. The number of aromatic nitrogens is 2. The monoisotopic (exact) mass is 300 g/mol. The molecular weight excluding hydrogens is 284 g/mol. The maximum atomic E-state index is 12.1. The highest BCUT2D eigenvalue weighted by molar-refractivity contribution is 5.96. The maximum Gasteiger partial charge on any atom is 0.407 e. The van der Waals surface area contributed by atoms with Crippen LogP contribution >= 0.6 is 0 Å². The molecular formula is C15H16N4O3. The zero-order chi connectivity index (χ0) is 15.4. The Morgan fingerprint density at radius 2 is 2.23 bits per heavy atom. The van der Waals surface area contributed by atoms with Crippen molar-refractivity contribution in [3.05, 3.63) is 48.3 Å². The van der Waals surface area contributed by atoms with E-state index in [2.05, 4.69) is 15.7 Å². The van der Waals surface area contributed by atoms with Crippen molar-refractivity contribution in [2.75, 3.05) is 11.9 Å². The van der Waals surface area contributed by atoms with Crippen LogP contribution in [0, 0.1) is 0 Å². The van der Waals surface area contributed by atoms with Crippen molar-refractivity contribution in [3.8, 4) is 0 Å². The van der Waals surface area contributed by atoms with Crippen LogP contribution in [0.15, 0.2) is 42.7 Å². The van der Waals surface area contributed by atoms with Gasteiger partial charge in [-0.15, -0.1) is 0 Å². The summed E-state index contributed by atoms with van der Waals surface area (Å²) in [4.78, 5) is 23.2. The first-order valence-corrected chi connectivity index (χ1v) is 7.01. The number of amides is 2. The molecule has 1 aromatic carbocycles. The van der Waals surface area contributed by atoms with Gasteiger partial charge in [0.05, 0.1) is 13.2 Å². The van der Waals surface area contributed by atoms with E-state index in [1.165, 1.54) is 0 Å². The van der Waals surface area contributed by atoms with E-state index in [4.69, 9.17) is 4.74 Å². The average Bonchev–Trinajstić information content (AvgIpc) is 3.02. The first-order valence-electron chi connectivity index (χ1n) is 7.01. The molecule has 0 saturated carbocycles. The number of carbonyl (C=O) groups is 2. The van der Waals surface area contributed by atoms with Gasteiger partial charge >= 0.3 is 6.09 Å². The summed E-state index contributed by atoms with van der Waals surface area (Å²) in [7, 11) is 0. The fraction of sp³-hybridized carbons (Fsp3) is 0.267. The Morgan fingerprint density at radius 1 is 1.41 bits per heavy atom. The zero-order valence-electron chi connectivity index (χ0n) is 11.9. The van der Waals surface area contributed by atoms with Crippen LogP contribution in [-0.2, 0) is 16.1 Å². The first-order chi connectivity index (χ1) is 10.7. The molecule has 7 nitrogen and oxygen atoms in total. The molecule has 2 N–H and O–H groups in total. The summed E-state index contributed by atoms with van der Waals surface area (Å²) in [5, 5.41) is 9.42. The van der Waals surface area contributed by atoms with Crippen molar-refractivity contribution in [1.82, 2.24) is 15.1 Å². The largest absolute Gasteiger partial charge is 0.449 e. The Hall–Kier alpha value is -2.83. The van der Waals surface area contributed by atoms with Crippen LogP contribution in [0.1, 0.15) is 12.0 Å². The molecule has 1 saturated heterocycles. The van der Waals surface area contributed by atoms with Gasteiger partial charge in [-0.05, 0) is 23.8 Å². The molecule has 1 aromatic heterocycles. The lowest BCUT2D eigenvalue weighted by Gasteiger charge is -2.22. The lowest BCUT2D eigenvalue weighted by Crippen LogP contribution is -2.48. The number of alkyl carbamates (subject to hydrolysis) is 1. The molecule has 22 heavy (non-hydrogen) atoms. The highest BCUT2D eigenvalue weighted by Gasteiger charge is 2.25. The van der Waals surface area contributed by atoms with Crippen LogP contribution in [0.2, 0.25) is 0 Å². The van der Waals surface area contributed by atoms with E-state index < -0.39 is 12.1 Å². The van der Waals surface area contributed by atoms with E-state index in [9.17, 15) is 9.59 Å². The van der Waals surface area contributed by atoms with E-state index in [1.54, 1.807) is 6.20 Å². The van der Waals surface area contributed by atoms with Crippen LogP contribution in [0.25, 0.3) is 0 Å². The summed E-state index contributed by atoms with van der Waals surface area (Å²) >= 11 is 0. The second-order valence-corrected chi connectivity index (χ2v) is 5.01. The van der Waals surface area contributed by atoms with Gasteiger partial charge in [-0.25, -0.2) is 4.79 Å². The lowest BCUT2D eigenvalue weighted by molar-refractivity contribution is -0.119. The molecule has 2 heterocycles. The summed E-state index contributed by atoms with van der Waals surface area (Å²) in [6.07, 6.45) is 3.54. The van der Waals surface area contributed by atoms with Gasteiger partial charge in [0, 0.05) is 24.5 Å². The minimum absolute atomic E-state index is 0.239. The Kier molecular flexibility index (Phi) is 4.04. The van der Waals surface area contributed by atoms with E-state index in [-0.39, 0.29) is 12.5 Å². The van der Waals surface area contributed by atoms with Gasteiger partial charge in [0.1, 0.15) is 6.04 Å². The van der Waals surface area contributed by atoms with E-state index >= 15 is 0 Å². The molecule has 0 unspecified atom stereocenters. The van der Waals surface area contributed by atoms with Gasteiger partial charge in [-0.3, -0.25) is 9.48 Å². The third-order valence-electron chi connectivity index (χ3n) is 3.37. The van der Waals surface area contributed by atoms with Gasteiger partial charge in [0.15, 0.2) is 0 Å². The van der Waals surface area contributed by atoms with Crippen molar-refractivity contribution in [2.24, 2.45) is 0 Å². The van der Waals surface area contributed by atoms with Crippen molar-refractivity contribution in [2.45, 2.75) is 19.0 Å². The molecule has 2 amide bonds. The van der Waals surface area contributed by atoms with Crippen LogP contribution < -0.4 is 10.6 Å². The highest BCUT2D eigenvalue weighted by atomic mass is 16.6.